The molecular weight excluding hydrogens is 234 g/mol. The van der Waals surface area contributed by atoms with Gasteiger partial charge < -0.3 is 0 Å². The molecule has 0 aliphatic heterocycles. The lowest BCUT2D eigenvalue weighted by Gasteiger charge is -1.89. The van der Waals surface area contributed by atoms with Crippen LogP contribution in [0, 0.1) is 5.82 Å². The molecule has 0 aromatic carbocycles. The van der Waals surface area contributed by atoms with Crippen LogP contribution in [0.5, 0.6) is 0 Å². The molecule has 0 atom stereocenters. The van der Waals surface area contributed by atoms with E-state index in [2.05, 4.69) is 32.6 Å². The number of aromatic nitrogens is 2. The molecule has 0 spiro atoms. The first-order valence-corrected chi connectivity index (χ1v) is 3.88. The zero-order valence-electron chi connectivity index (χ0n) is 4.51. The number of nitrogens with zero attached hydrogens (tertiary/aromatic N) is 2. The molecule has 1 aromatic heterocycles. The summed E-state index contributed by atoms with van der Waals surface area (Å²) in [7, 11) is 0. The minimum Gasteiger partial charge on any atom is -0.237 e. The smallest absolute Gasteiger partial charge is 0.159 e. The quantitative estimate of drug-likeness (QED) is 0.548. The minimum atomic E-state index is -0.386. The second-order valence-electron chi connectivity index (χ2n) is 1.45. The number of hydrogen-bond acceptors (Lipinski definition) is 2. The zero-order valence-corrected chi connectivity index (χ0v) is 6.67. The molecule has 2 nitrogen and oxygen atoms in total. The van der Waals surface area contributed by atoms with E-state index in [4.69, 9.17) is 0 Å². The maximum atomic E-state index is 12.1. The Bertz CT molecular complexity index is 187. The topological polar surface area (TPSA) is 25.8 Å². The molecule has 4 heteroatoms. The summed E-state index contributed by atoms with van der Waals surface area (Å²) in [6.07, 6.45) is 2.34. The fourth-order valence-electron chi connectivity index (χ4n) is 0.408. The van der Waals surface area contributed by atoms with Crippen LogP contribution in [0.25, 0.3) is 0 Å². The molecule has 0 amide bonds. The van der Waals surface area contributed by atoms with Crippen LogP contribution >= 0.6 is 22.6 Å². The highest BCUT2D eigenvalue weighted by Gasteiger charge is 1.91. The third-order valence-corrected chi connectivity index (χ3v) is 1.48. The average Bonchev–Trinajstić information content (AvgIpc) is 1.90. The van der Waals surface area contributed by atoms with E-state index in [1.54, 1.807) is 0 Å². The number of rotatable bonds is 1. The van der Waals surface area contributed by atoms with Crippen molar-refractivity contribution in [3.05, 3.63) is 24.0 Å². The Morgan fingerprint density at radius 2 is 2.00 bits per heavy atom. The van der Waals surface area contributed by atoms with Gasteiger partial charge in [0.2, 0.25) is 0 Å². The van der Waals surface area contributed by atoms with Crippen LogP contribution in [-0.4, -0.2) is 9.97 Å². The Kier molecular flexibility index (Phi) is 2.32. The molecular formula is C5H4FIN2. The third-order valence-electron chi connectivity index (χ3n) is 0.793. The molecule has 0 unspecified atom stereocenters. The normalized spacial score (nSPS) is 9.56. The van der Waals surface area contributed by atoms with Crippen molar-refractivity contribution in [3.8, 4) is 0 Å². The summed E-state index contributed by atoms with van der Waals surface area (Å²) in [5, 5.41) is 0. The van der Waals surface area contributed by atoms with E-state index >= 15 is 0 Å². The van der Waals surface area contributed by atoms with Crippen molar-refractivity contribution in [2.24, 2.45) is 0 Å². The van der Waals surface area contributed by atoms with Gasteiger partial charge in [-0.1, -0.05) is 22.6 Å². The van der Waals surface area contributed by atoms with Crippen LogP contribution in [-0.2, 0) is 4.43 Å². The van der Waals surface area contributed by atoms with Gasteiger partial charge in [0.05, 0.1) is 16.8 Å². The summed E-state index contributed by atoms with van der Waals surface area (Å²) < 4.78 is 12.8. The van der Waals surface area contributed by atoms with Gasteiger partial charge in [0.25, 0.3) is 0 Å². The van der Waals surface area contributed by atoms with E-state index in [9.17, 15) is 4.39 Å². The second-order valence-corrected chi connectivity index (χ2v) is 2.21. The van der Waals surface area contributed by atoms with Gasteiger partial charge in [0.15, 0.2) is 5.82 Å². The van der Waals surface area contributed by atoms with Crippen molar-refractivity contribution >= 4 is 22.6 Å². The minimum absolute atomic E-state index is 0.386. The van der Waals surface area contributed by atoms with Gasteiger partial charge >= 0.3 is 0 Å². The lowest BCUT2D eigenvalue weighted by Crippen LogP contribution is -1.89. The van der Waals surface area contributed by atoms with Crippen molar-refractivity contribution in [2.45, 2.75) is 4.43 Å². The molecule has 0 N–H and O–H groups in total. The summed E-state index contributed by atoms with van der Waals surface area (Å²) in [5.41, 5.74) is 0. The Balaban J connectivity index is 2.88. The van der Waals surface area contributed by atoms with Crippen LogP contribution in [0.1, 0.15) is 5.82 Å². The van der Waals surface area contributed by atoms with E-state index in [1.807, 2.05) is 0 Å². The van der Waals surface area contributed by atoms with Gasteiger partial charge in [-0.05, 0) is 0 Å². The van der Waals surface area contributed by atoms with E-state index in [0.29, 0.717) is 5.82 Å². The highest BCUT2D eigenvalue weighted by atomic mass is 127. The fourth-order valence-corrected chi connectivity index (χ4v) is 0.802. The van der Waals surface area contributed by atoms with Crippen LogP contribution in [0.3, 0.4) is 0 Å². The number of alkyl halides is 1. The Labute approximate surface area is 65.7 Å². The van der Waals surface area contributed by atoms with Crippen molar-refractivity contribution in [1.82, 2.24) is 9.97 Å². The molecule has 0 fully saturated rings. The summed E-state index contributed by atoms with van der Waals surface area (Å²) in [6.45, 7) is 0. The molecule has 0 aliphatic rings. The van der Waals surface area contributed by atoms with E-state index < -0.39 is 0 Å². The van der Waals surface area contributed by atoms with E-state index in [1.165, 1.54) is 12.4 Å². The van der Waals surface area contributed by atoms with Crippen molar-refractivity contribution in [1.29, 1.82) is 0 Å². The molecule has 0 saturated carbocycles. The second kappa shape index (κ2) is 3.05. The van der Waals surface area contributed by atoms with Gasteiger partial charge in [-0.2, -0.15) is 0 Å². The number of hydrogen-bond donors (Lipinski definition) is 0. The van der Waals surface area contributed by atoms with Crippen LogP contribution in [0.15, 0.2) is 12.4 Å². The van der Waals surface area contributed by atoms with Gasteiger partial charge in [-0.25, -0.2) is 14.4 Å². The summed E-state index contributed by atoms with van der Waals surface area (Å²) in [5.74, 6) is 0.278. The molecule has 48 valence electrons. The summed E-state index contributed by atoms with van der Waals surface area (Å²) >= 11 is 2.12. The van der Waals surface area contributed by atoms with Gasteiger partial charge in [0, 0.05) is 0 Å². The highest BCUT2D eigenvalue weighted by Crippen LogP contribution is 1.97. The first kappa shape index (κ1) is 6.85. The van der Waals surface area contributed by atoms with Crippen molar-refractivity contribution in [2.75, 3.05) is 0 Å². The highest BCUT2D eigenvalue weighted by molar-refractivity contribution is 14.1. The predicted octanol–water partition coefficient (Wildman–Crippen LogP) is 1.55. The largest absolute Gasteiger partial charge is 0.237 e. The summed E-state index contributed by atoms with van der Waals surface area (Å²) in [4.78, 5) is 7.41. The van der Waals surface area contributed by atoms with Crippen molar-refractivity contribution < 1.29 is 4.39 Å². The van der Waals surface area contributed by atoms with E-state index in [0.717, 1.165) is 4.43 Å². The first-order valence-electron chi connectivity index (χ1n) is 2.35. The fraction of sp³-hybridized carbons (Fsp3) is 0.200. The molecule has 1 heterocycles. The van der Waals surface area contributed by atoms with Gasteiger partial charge in [-0.15, -0.1) is 0 Å². The molecule has 9 heavy (non-hydrogen) atoms. The predicted molar refractivity (Wildman–Crippen MR) is 39.7 cm³/mol. The lowest BCUT2D eigenvalue weighted by atomic mass is 10.6. The Morgan fingerprint density at radius 3 is 2.44 bits per heavy atom. The van der Waals surface area contributed by atoms with Crippen molar-refractivity contribution in [3.63, 3.8) is 0 Å². The molecule has 0 bridgehead atoms. The zero-order chi connectivity index (χ0) is 6.69. The Hall–Kier alpha value is -0.260. The molecule has 0 saturated heterocycles. The maximum Gasteiger partial charge on any atom is 0.159 e. The molecule has 0 aliphatic carbocycles. The Morgan fingerprint density at radius 1 is 1.44 bits per heavy atom. The lowest BCUT2D eigenvalue weighted by molar-refractivity contribution is 0.611. The molecule has 0 radical (unpaired) electrons. The standard InChI is InChI=1S/C5H4FIN2/c6-4-2-8-5(1-7)9-3-4/h2-3H,1H2. The third kappa shape index (κ3) is 1.85. The van der Waals surface area contributed by atoms with E-state index in [-0.39, 0.29) is 5.82 Å². The van der Waals surface area contributed by atoms with Crippen LogP contribution in [0.2, 0.25) is 0 Å². The van der Waals surface area contributed by atoms with Crippen LogP contribution < -0.4 is 0 Å². The maximum absolute atomic E-state index is 12.1. The van der Waals surface area contributed by atoms with Gasteiger partial charge in [-0.3, -0.25) is 0 Å². The first-order chi connectivity index (χ1) is 4.33. The monoisotopic (exact) mass is 238 g/mol. The SMILES string of the molecule is Fc1cnc(CI)nc1. The molecule has 1 aromatic rings. The molecule has 1 rings (SSSR count). The average molecular weight is 238 g/mol. The van der Waals surface area contributed by atoms with Crippen LogP contribution in [0.4, 0.5) is 4.39 Å². The summed E-state index contributed by atoms with van der Waals surface area (Å²) in [6, 6.07) is 0. The number of halogens is 2. The van der Waals surface area contributed by atoms with Gasteiger partial charge in [0.1, 0.15) is 5.82 Å².